The molecule has 1 aromatic carbocycles. The summed E-state index contributed by atoms with van der Waals surface area (Å²) < 4.78 is 0. The molecule has 98 valence electrons. The zero-order chi connectivity index (χ0) is 13.4. The van der Waals surface area contributed by atoms with Gasteiger partial charge in [0.05, 0.1) is 6.04 Å². The first kappa shape index (κ1) is 13.1. The van der Waals surface area contributed by atoms with Crippen molar-refractivity contribution in [2.45, 2.75) is 46.2 Å². The van der Waals surface area contributed by atoms with Crippen LogP contribution in [0.3, 0.4) is 0 Å². The van der Waals surface area contributed by atoms with Crippen LogP contribution in [0.25, 0.3) is 0 Å². The van der Waals surface area contributed by atoms with Crippen LogP contribution in [-0.4, -0.2) is 23.4 Å². The number of nitrogens with zero attached hydrogens (tertiary/aromatic N) is 1. The molecule has 1 fully saturated rings. The Kier molecular flexibility index (Phi) is 3.44. The van der Waals surface area contributed by atoms with E-state index in [2.05, 4.69) is 32.9 Å². The lowest BCUT2D eigenvalue weighted by Gasteiger charge is -2.29. The van der Waals surface area contributed by atoms with Gasteiger partial charge in [-0.1, -0.05) is 17.7 Å². The Hall–Kier alpha value is -1.35. The van der Waals surface area contributed by atoms with Crippen molar-refractivity contribution in [2.75, 3.05) is 6.54 Å². The Morgan fingerprint density at radius 3 is 2.33 bits per heavy atom. The number of carbonyl (C=O) groups excluding carboxylic acids is 1. The van der Waals surface area contributed by atoms with Crippen LogP contribution in [0.2, 0.25) is 0 Å². The second-order valence-corrected chi connectivity index (χ2v) is 5.30. The molecule has 0 bridgehead atoms. The van der Waals surface area contributed by atoms with Crippen LogP contribution in [0.4, 0.5) is 0 Å². The molecule has 0 aromatic heterocycles. The number of nitrogens with two attached hydrogens (primary N) is 1. The monoisotopic (exact) mass is 246 g/mol. The van der Waals surface area contributed by atoms with Gasteiger partial charge < -0.3 is 10.6 Å². The largest absolute Gasteiger partial charge is 0.334 e. The van der Waals surface area contributed by atoms with Crippen molar-refractivity contribution in [1.29, 1.82) is 0 Å². The minimum Gasteiger partial charge on any atom is -0.334 e. The summed E-state index contributed by atoms with van der Waals surface area (Å²) in [6.45, 7) is 9.06. The van der Waals surface area contributed by atoms with E-state index in [4.69, 9.17) is 5.73 Å². The molecule has 2 atom stereocenters. The number of likely N-dealkylation sites (N-methyl/N-ethyl adjacent to an activating group) is 1. The van der Waals surface area contributed by atoms with Crippen LogP contribution in [-0.2, 0) is 4.79 Å². The lowest BCUT2D eigenvalue weighted by Crippen LogP contribution is -2.34. The smallest absolute Gasteiger partial charge is 0.224 e. The maximum atomic E-state index is 11.9. The summed E-state index contributed by atoms with van der Waals surface area (Å²) in [5.74, 6) is 0.175. The molecule has 3 heteroatoms. The van der Waals surface area contributed by atoms with E-state index < -0.39 is 0 Å². The van der Waals surface area contributed by atoms with E-state index in [1.807, 2.05) is 11.8 Å². The summed E-state index contributed by atoms with van der Waals surface area (Å²) in [4.78, 5) is 13.8. The van der Waals surface area contributed by atoms with Gasteiger partial charge in [-0.2, -0.15) is 0 Å². The van der Waals surface area contributed by atoms with Crippen LogP contribution in [0, 0.1) is 20.8 Å². The number of likely N-dealkylation sites (tertiary alicyclic amines) is 1. The van der Waals surface area contributed by atoms with Crippen LogP contribution in [0.15, 0.2) is 12.1 Å². The molecule has 3 nitrogen and oxygen atoms in total. The number of hydrogen-bond donors (Lipinski definition) is 1. The molecule has 0 radical (unpaired) electrons. The zero-order valence-electron chi connectivity index (χ0n) is 11.7. The van der Waals surface area contributed by atoms with Crippen molar-refractivity contribution in [3.63, 3.8) is 0 Å². The number of rotatable bonds is 2. The first-order valence-corrected chi connectivity index (χ1v) is 6.58. The van der Waals surface area contributed by atoms with Gasteiger partial charge in [0.2, 0.25) is 5.91 Å². The molecule has 2 rings (SSSR count). The fraction of sp³-hybridized carbons (Fsp3) is 0.533. The highest BCUT2D eigenvalue weighted by molar-refractivity contribution is 5.80. The predicted molar refractivity (Wildman–Crippen MR) is 73.4 cm³/mol. The maximum Gasteiger partial charge on any atom is 0.224 e. The first-order chi connectivity index (χ1) is 8.45. The second kappa shape index (κ2) is 4.73. The third-order valence-corrected chi connectivity index (χ3v) is 3.85. The highest BCUT2D eigenvalue weighted by Crippen LogP contribution is 2.35. The van der Waals surface area contributed by atoms with Crippen molar-refractivity contribution < 1.29 is 4.79 Å². The molecule has 1 aliphatic heterocycles. The Morgan fingerprint density at radius 2 is 1.83 bits per heavy atom. The molecule has 1 saturated heterocycles. The van der Waals surface area contributed by atoms with Crippen LogP contribution >= 0.6 is 0 Å². The summed E-state index contributed by atoms with van der Waals surface area (Å²) in [7, 11) is 0. The van der Waals surface area contributed by atoms with Crippen molar-refractivity contribution in [1.82, 2.24) is 4.90 Å². The van der Waals surface area contributed by atoms with E-state index in [-0.39, 0.29) is 18.0 Å². The van der Waals surface area contributed by atoms with E-state index in [1.54, 1.807) is 0 Å². The van der Waals surface area contributed by atoms with Crippen LogP contribution in [0.1, 0.15) is 41.6 Å². The standard InChI is InChI=1S/C15H22N2O/c1-5-17-13(18)8-12(16)15(17)14-10(3)6-9(2)7-11(14)4/h6-7,12,15H,5,8,16H2,1-4H3. The second-order valence-electron chi connectivity index (χ2n) is 5.30. The van der Waals surface area contributed by atoms with Gasteiger partial charge in [0, 0.05) is 19.0 Å². The normalized spacial score (nSPS) is 23.8. The summed E-state index contributed by atoms with van der Waals surface area (Å²) in [5, 5.41) is 0. The molecule has 1 amide bonds. The predicted octanol–water partition coefficient (Wildman–Crippen LogP) is 2.23. The Morgan fingerprint density at radius 1 is 1.28 bits per heavy atom. The Labute approximate surface area is 109 Å². The van der Waals surface area contributed by atoms with E-state index in [0.717, 1.165) is 6.54 Å². The zero-order valence-corrected chi connectivity index (χ0v) is 11.7. The van der Waals surface area contributed by atoms with E-state index in [9.17, 15) is 4.79 Å². The summed E-state index contributed by atoms with van der Waals surface area (Å²) >= 11 is 0. The van der Waals surface area contributed by atoms with E-state index >= 15 is 0 Å². The van der Waals surface area contributed by atoms with E-state index in [0.29, 0.717) is 6.42 Å². The molecule has 1 aliphatic rings. The third kappa shape index (κ3) is 2.03. The fourth-order valence-corrected chi connectivity index (χ4v) is 3.22. The summed E-state index contributed by atoms with van der Waals surface area (Å²) in [6, 6.07) is 4.30. The van der Waals surface area contributed by atoms with Crippen molar-refractivity contribution in [3.05, 3.63) is 34.4 Å². The van der Waals surface area contributed by atoms with Crippen molar-refractivity contribution in [2.24, 2.45) is 5.73 Å². The van der Waals surface area contributed by atoms with Crippen molar-refractivity contribution >= 4 is 5.91 Å². The van der Waals surface area contributed by atoms with Crippen LogP contribution < -0.4 is 5.73 Å². The number of carbonyl (C=O) groups is 1. The third-order valence-electron chi connectivity index (χ3n) is 3.85. The average Bonchev–Trinajstić information content (AvgIpc) is 2.52. The molecule has 18 heavy (non-hydrogen) atoms. The quantitative estimate of drug-likeness (QED) is 0.870. The molecule has 2 N–H and O–H groups in total. The molecule has 1 aromatic rings. The van der Waals surface area contributed by atoms with Gasteiger partial charge in [-0.25, -0.2) is 0 Å². The number of hydrogen-bond acceptors (Lipinski definition) is 2. The molecule has 0 saturated carbocycles. The van der Waals surface area contributed by atoms with Gasteiger partial charge in [-0.05, 0) is 44.4 Å². The molecule has 2 unspecified atom stereocenters. The lowest BCUT2D eigenvalue weighted by atomic mass is 9.91. The highest BCUT2D eigenvalue weighted by Gasteiger charge is 2.38. The summed E-state index contributed by atoms with van der Waals surface area (Å²) in [5.41, 5.74) is 11.2. The SMILES string of the molecule is CCN1C(=O)CC(N)C1c1c(C)cc(C)cc1C. The van der Waals surface area contributed by atoms with Gasteiger partial charge in [0.25, 0.3) is 0 Å². The van der Waals surface area contributed by atoms with Gasteiger partial charge >= 0.3 is 0 Å². The first-order valence-electron chi connectivity index (χ1n) is 6.58. The van der Waals surface area contributed by atoms with Gasteiger partial charge in [0.15, 0.2) is 0 Å². The van der Waals surface area contributed by atoms with Crippen molar-refractivity contribution in [3.8, 4) is 0 Å². The van der Waals surface area contributed by atoms with Gasteiger partial charge in [-0.15, -0.1) is 0 Å². The van der Waals surface area contributed by atoms with E-state index in [1.165, 1.54) is 22.3 Å². The number of aryl methyl sites for hydroxylation is 3. The number of amides is 1. The minimum atomic E-state index is -0.0856. The number of benzene rings is 1. The minimum absolute atomic E-state index is 0.0445. The van der Waals surface area contributed by atoms with Crippen LogP contribution in [0.5, 0.6) is 0 Å². The fourth-order valence-electron chi connectivity index (χ4n) is 3.22. The summed E-state index contributed by atoms with van der Waals surface area (Å²) in [6.07, 6.45) is 0.464. The Balaban J connectivity index is 2.51. The molecule has 1 heterocycles. The molecule has 0 aliphatic carbocycles. The molecular formula is C15H22N2O. The maximum absolute atomic E-state index is 11.9. The molecular weight excluding hydrogens is 224 g/mol. The average molecular weight is 246 g/mol. The molecule has 0 spiro atoms. The van der Waals surface area contributed by atoms with Gasteiger partial charge in [-0.3, -0.25) is 4.79 Å². The highest BCUT2D eigenvalue weighted by atomic mass is 16.2. The Bertz CT molecular complexity index is 458. The topological polar surface area (TPSA) is 46.3 Å². The lowest BCUT2D eigenvalue weighted by molar-refractivity contribution is -0.128. The van der Waals surface area contributed by atoms with Gasteiger partial charge in [0.1, 0.15) is 0 Å².